The monoisotopic (exact) mass is 417 g/mol. The van der Waals surface area contributed by atoms with Crippen LogP contribution in [0.2, 0.25) is 0 Å². The van der Waals surface area contributed by atoms with Crippen LogP contribution in [0.25, 0.3) is 21.5 Å². The van der Waals surface area contributed by atoms with Crippen LogP contribution < -0.4 is 4.72 Å². The molecule has 7 heteroatoms. The van der Waals surface area contributed by atoms with Crippen molar-refractivity contribution in [3.8, 4) is 10.6 Å². The molecule has 2 aromatic heterocycles. The number of hydrogen-bond donors (Lipinski definition) is 2. The van der Waals surface area contributed by atoms with E-state index in [0.29, 0.717) is 5.92 Å². The smallest absolute Gasteiger partial charge is 0.216 e. The van der Waals surface area contributed by atoms with Gasteiger partial charge in [-0.3, -0.25) is 0 Å². The molecule has 5 nitrogen and oxygen atoms in total. The van der Waals surface area contributed by atoms with Crippen LogP contribution in [-0.4, -0.2) is 29.2 Å². The fraction of sp³-hybridized carbons (Fsp3) is 0.476. The van der Waals surface area contributed by atoms with Gasteiger partial charge in [0, 0.05) is 39.8 Å². The summed E-state index contributed by atoms with van der Waals surface area (Å²) in [7, 11) is -3.29. The van der Waals surface area contributed by atoms with Gasteiger partial charge in [-0.1, -0.05) is 0 Å². The predicted octanol–water partition coefficient (Wildman–Crippen LogP) is 5.04. The SMILES string of the molecule is CC(C)(C)S(=O)(=O)NC1CCC(c2cc3cc(-c4nccs4)ccc3[nH]2)CC1. The van der Waals surface area contributed by atoms with Crippen molar-refractivity contribution in [1.29, 1.82) is 0 Å². The molecule has 0 aliphatic heterocycles. The average molecular weight is 418 g/mol. The summed E-state index contributed by atoms with van der Waals surface area (Å²) in [5.41, 5.74) is 3.54. The first-order valence-corrected chi connectivity index (χ1v) is 12.1. The number of rotatable bonds is 4. The molecule has 0 spiro atoms. The van der Waals surface area contributed by atoms with E-state index in [9.17, 15) is 8.42 Å². The van der Waals surface area contributed by atoms with Gasteiger partial charge in [-0.15, -0.1) is 11.3 Å². The second-order valence-electron chi connectivity index (χ2n) is 8.65. The third kappa shape index (κ3) is 3.88. The second kappa shape index (κ2) is 7.28. The van der Waals surface area contributed by atoms with Crippen molar-refractivity contribution in [3.63, 3.8) is 0 Å². The Morgan fingerprint density at radius 2 is 1.89 bits per heavy atom. The van der Waals surface area contributed by atoms with Gasteiger partial charge in [-0.2, -0.15) is 0 Å². The Hall–Kier alpha value is -1.70. The van der Waals surface area contributed by atoms with Crippen LogP contribution in [0, 0.1) is 0 Å². The molecule has 4 rings (SSSR count). The van der Waals surface area contributed by atoms with Crippen molar-refractivity contribution in [1.82, 2.24) is 14.7 Å². The molecular weight excluding hydrogens is 390 g/mol. The van der Waals surface area contributed by atoms with Gasteiger partial charge in [-0.25, -0.2) is 18.1 Å². The number of nitrogens with zero attached hydrogens (tertiary/aromatic N) is 1. The fourth-order valence-electron chi connectivity index (χ4n) is 3.79. The molecule has 1 aromatic carbocycles. The van der Waals surface area contributed by atoms with Gasteiger partial charge in [0.05, 0.1) is 4.75 Å². The summed E-state index contributed by atoms with van der Waals surface area (Å²) in [5.74, 6) is 0.450. The summed E-state index contributed by atoms with van der Waals surface area (Å²) >= 11 is 1.65. The van der Waals surface area contributed by atoms with Gasteiger partial charge in [0.1, 0.15) is 5.01 Å². The zero-order valence-electron chi connectivity index (χ0n) is 16.5. The van der Waals surface area contributed by atoms with E-state index in [-0.39, 0.29) is 6.04 Å². The van der Waals surface area contributed by atoms with Crippen LogP contribution in [0.4, 0.5) is 0 Å². The lowest BCUT2D eigenvalue weighted by Crippen LogP contribution is -2.45. The molecule has 0 radical (unpaired) electrons. The summed E-state index contributed by atoms with van der Waals surface area (Å²) in [6, 6.07) is 8.72. The van der Waals surface area contributed by atoms with E-state index in [4.69, 9.17) is 0 Å². The Labute approximate surface area is 170 Å². The van der Waals surface area contributed by atoms with Crippen molar-refractivity contribution in [2.45, 2.75) is 63.2 Å². The van der Waals surface area contributed by atoms with Crippen LogP contribution in [0.15, 0.2) is 35.8 Å². The lowest BCUT2D eigenvalue weighted by Gasteiger charge is -2.31. The van der Waals surface area contributed by atoms with Gasteiger partial charge in [0.25, 0.3) is 0 Å². The maximum Gasteiger partial charge on any atom is 0.216 e. The summed E-state index contributed by atoms with van der Waals surface area (Å²) < 4.78 is 26.9. The van der Waals surface area contributed by atoms with E-state index in [1.165, 1.54) is 11.1 Å². The number of nitrogens with one attached hydrogen (secondary N) is 2. The number of aromatic amines is 1. The zero-order valence-corrected chi connectivity index (χ0v) is 18.2. The number of benzene rings is 1. The van der Waals surface area contributed by atoms with E-state index in [2.05, 4.69) is 39.0 Å². The number of thiazole rings is 1. The van der Waals surface area contributed by atoms with E-state index in [1.54, 1.807) is 32.1 Å². The van der Waals surface area contributed by atoms with Gasteiger partial charge in [-0.05, 0) is 76.6 Å². The number of H-pyrrole nitrogens is 1. The van der Waals surface area contributed by atoms with Crippen molar-refractivity contribution in [3.05, 3.63) is 41.5 Å². The normalized spacial score (nSPS) is 21.2. The third-order valence-corrected chi connectivity index (χ3v) is 8.69. The first-order chi connectivity index (χ1) is 13.2. The van der Waals surface area contributed by atoms with Crippen molar-refractivity contribution in [2.24, 2.45) is 0 Å². The first-order valence-electron chi connectivity index (χ1n) is 9.77. The minimum absolute atomic E-state index is 0.0429. The van der Waals surface area contributed by atoms with Crippen molar-refractivity contribution in [2.75, 3.05) is 0 Å². The summed E-state index contributed by atoms with van der Waals surface area (Å²) in [4.78, 5) is 7.97. The minimum atomic E-state index is -3.29. The number of aromatic nitrogens is 2. The Balaban J connectivity index is 1.45. The second-order valence-corrected chi connectivity index (χ2v) is 12.0. The summed E-state index contributed by atoms with van der Waals surface area (Å²) in [6.45, 7) is 5.22. The largest absolute Gasteiger partial charge is 0.358 e. The average Bonchev–Trinajstić information content (AvgIpc) is 3.30. The van der Waals surface area contributed by atoms with Crippen LogP contribution in [-0.2, 0) is 10.0 Å². The molecule has 1 aliphatic carbocycles. The Morgan fingerprint density at radius 3 is 2.54 bits per heavy atom. The molecule has 0 saturated heterocycles. The molecule has 0 unspecified atom stereocenters. The molecular formula is C21H27N3O2S2. The molecule has 1 aliphatic rings. The molecule has 0 atom stereocenters. The highest BCUT2D eigenvalue weighted by Gasteiger charge is 2.33. The maximum absolute atomic E-state index is 12.4. The standard InChI is InChI=1S/C21H27N3O2S2/c1-21(2,3)28(25,26)24-17-7-4-14(5-8-17)19-13-16-12-15(6-9-18(16)23-19)20-22-10-11-27-20/h6,9-14,17,23-24H,4-5,7-8H2,1-3H3. The van der Waals surface area contributed by atoms with Crippen molar-refractivity contribution < 1.29 is 8.42 Å². The Morgan fingerprint density at radius 1 is 1.14 bits per heavy atom. The Bertz CT molecular complexity index is 1050. The third-order valence-electron chi connectivity index (χ3n) is 5.62. The zero-order chi connectivity index (χ0) is 19.9. The minimum Gasteiger partial charge on any atom is -0.358 e. The number of fused-ring (bicyclic) bond motifs is 1. The molecule has 0 bridgehead atoms. The van der Waals surface area contributed by atoms with E-state index in [1.807, 2.05) is 11.6 Å². The van der Waals surface area contributed by atoms with Gasteiger partial charge in [0.15, 0.2) is 0 Å². The molecule has 0 amide bonds. The molecule has 150 valence electrons. The van der Waals surface area contributed by atoms with E-state index in [0.717, 1.165) is 41.8 Å². The number of sulfonamides is 1. The first kappa shape index (κ1) is 19.6. The molecule has 2 N–H and O–H groups in total. The molecule has 1 fully saturated rings. The fourth-order valence-corrected chi connectivity index (χ4v) is 5.46. The highest BCUT2D eigenvalue weighted by molar-refractivity contribution is 7.90. The van der Waals surface area contributed by atoms with Gasteiger partial charge in [0.2, 0.25) is 10.0 Å². The van der Waals surface area contributed by atoms with Gasteiger partial charge < -0.3 is 4.98 Å². The van der Waals surface area contributed by atoms with Crippen LogP contribution in [0.1, 0.15) is 58.1 Å². The van der Waals surface area contributed by atoms with Crippen LogP contribution in [0.3, 0.4) is 0 Å². The highest BCUT2D eigenvalue weighted by Crippen LogP contribution is 2.35. The quantitative estimate of drug-likeness (QED) is 0.625. The molecule has 28 heavy (non-hydrogen) atoms. The summed E-state index contributed by atoms with van der Waals surface area (Å²) in [5, 5.41) is 4.24. The summed E-state index contributed by atoms with van der Waals surface area (Å²) in [6.07, 6.45) is 5.56. The Kier molecular flexibility index (Phi) is 5.10. The van der Waals surface area contributed by atoms with Crippen LogP contribution in [0.5, 0.6) is 0 Å². The van der Waals surface area contributed by atoms with Crippen LogP contribution >= 0.6 is 11.3 Å². The highest BCUT2D eigenvalue weighted by atomic mass is 32.2. The lowest BCUT2D eigenvalue weighted by molar-refractivity contribution is 0.368. The molecule has 3 aromatic rings. The molecule has 2 heterocycles. The number of hydrogen-bond acceptors (Lipinski definition) is 4. The predicted molar refractivity (Wildman–Crippen MR) is 116 cm³/mol. The van der Waals surface area contributed by atoms with E-state index < -0.39 is 14.8 Å². The van der Waals surface area contributed by atoms with Gasteiger partial charge >= 0.3 is 0 Å². The molecule has 1 saturated carbocycles. The lowest BCUT2D eigenvalue weighted by atomic mass is 9.84. The maximum atomic E-state index is 12.4. The topological polar surface area (TPSA) is 74.8 Å². The van der Waals surface area contributed by atoms with Crippen molar-refractivity contribution >= 4 is 32.3 Å². The van der Waals surface area contributed by atoms with E-state index >= 15 is 0 Å².